The zero-order chi connectivity index (χ0) is 11.6. The van der Waals surface area contributed by atoms with Gasteiger partial charge in [-0.3, -0.25) is 0 Å². The van der Waals surface area contributed by atoms with Crippen LogP contribution in [-0.2, 0) is 4.74 Å². The second kappa shape index (κ2) is 4.42. The van der Waals surface area contributed by atoms with Crippen LogP contribution in [0.5, 0.6) is 0 Å². The Bertz CT molecular complexity index is 347. The molecule has 1 unspecified atom stereocenters. The highest BCUT2D eigenvalue weighted by atomic mass is 19.1. The number of hydrogen-bond acceptors (Lipinski definition) is 2. The maximum Gasteiger partial charge on any atom is 0.123 e. The lowest BCUT2D eigenvalue weighted by Crippen LogP contribution is -2.24. The van der Waals surface area contributed by atoms with Gasteiger partial charge in [0, 0.05) is 12.2 Å². The van der Waals surface area contributed by atoms with Crippen molar-refractivity contribution >= 4 is 5.69 Å². The molecule has 1 heterocycles. The SMILES string of the molecule is CC1(C)CCC(CNc2ccc(F)cc2)O1. The summed E-state index contributed by atoms with van der Waals surface area (Å²) >= 11 is 0. The van der Waals surface area contributed by atoms with Crippen molar-refractivity contribution in [2.75, 3.05) is 11.9 Å². The molecule has 0 aromatic heterocycles. The van der Waals surface area contributed by atoms with E-state index in [2.05, 4.69) is 19.2 Å². The highest BCUT2D eigenvalue weighted by Gasteiger charge is 2.31. The number of nitrogens with one attached hydrogen (secondary N) is 1. The monoisotopic (exact) mass is 223 g/mol. The lowest BCUT2D eigenvalue weighted by molar-refractivity contribution is -0.00910. The minimum absolute atomic E-state index is 0.00907. The van der Waals surface area contributed by atoms with Gasteiger partial charge in [-0.25, -0.2) is 4.39 Å². The van der Waals surface area contributed by atoms with Gasteiger partial charge in [-0.05, 0) is 51.0 Å². The molecule has 0 saturated carbocycles. The molecule has 0 bridgehead atoms. The van der Waals surface area contributed by atoms with Crippen LogP contribution in [-0.4, -0.2) is 18.2 Å². The molecule has 0 aliphatic carbocycles. The first-order chi connectivity index (χ1) is 7.55. The van der Waals surface area contributed by atoms with E-state index in [1.165, 1.54) is 12.1 Å². The van der Waals surface area contributed by atoms with E-state index >= 15 is 0 Å². The molecule has 1 aromatic carbocycles. The number of ether oxygens (including phenoxy) is 1. The second-order valence-corrected chi connectivity index (χ2v) is 4.93. The van der Waals surface area contributed by atoms with Crippen molar-refractivity contribution in [1.82, 2.24) is 0 Å². The first-order valence-electron chi connectivity index (χ1n) is 5.72. The van der Waals surface area contributed by atoms with Gasteiger partial charge in [-0.1, -0.05) is 0 Å². The van der Waals surface area contributed by atoms with Crippen LogP contribution in [0.15, 0.2) is 24.3 Å². The zero-order valence-electron chi connectivity index (χ0n) is 9.79. The van der Waals surface area contributed by atoms with E-state index in [0.717, 1.165) is 25.1 Å². The Hall–Kier alpha value is -1.09. The average molecular weight is 223 g/mol. The first-order valence-corrected chi connectivity index (χ1v) is 5.72. The fourth-order valence-corrected chi connectivity index (χ4v) is 2.02. The molecule has 1 atom stereocenters. The number of hydrogen-bond donors (Lipinski definition) is 1. The second-order valence-electron chi connectivity index (χ2n) is 4.93. The van der Waals surface area contributed by atoms with Crippen molar-refractivity contribution in [3.8, 4) is 0 Å². The van der Waals surface area contributed by atoms with Gasteiger partial charge in [0.05, 0.1) is 11.7 Å². The predicted molar refractivity (Wildman–Crippen MR) is 63.1 cm³/mol. The molecule has 1 saturated heterocycles. The van der Waals surface area contributed by atoms with Crippen molar-refractivity contribution in [2.24, 2.45) is 0 Å². The lowest BCUT2D eigenvalue weighted by Gasteiger charge is -2.19. The molecule has 0 spiro atoms. The van der Waals surface area contributed by atoms with Crippen molar-refractivity contribution in [2.45, 2.75) is 38.4 Å². The summed E-state index contributed by atoms with van der Waals surface area (Å²) in [6.07, 6.45) is 2.45. The smallest absolute Gasteiger partial charge is 0.123 e. The fraction of sp³-hybridized carbons (Fsp3) is 0.538. The van der Waals surface area contributed by atoms with Gasteiger partial charge in [-0.2, -0.15) is 0 Å². The van der Waals surface area contributed by atoms with Gasteiger partial charge in [-0.15, -0.1) is 0 Å². The fourth-order valence-electron chi connectivity index (χ4n) is 2.02. The Morgan fingerprint density at radius 1 is 1.38 bits per heavy atom. The summed E-state index contributed by atoms with van der Waals surface area (Å²) in [5.74, 6) is -0.205. The van der Waals surface area contributed by atoms with E-state index in [1.54, 1.807) is 12.1 Å². The summed E-state index contributed by atoms with van der Waals surface area (Å²) in [6.45, 7) is 5.02. The average Bonchev–Trinajstić information content (AvgIpc) is 2.58. The molecule has 0 radical (unpaired) electrons. The van der Waals surface area contributed by atoms with Crippen LogP contribution in [0.1, 0.15) is 26.7 Å². The summed E-state index contributed by atoms with van der Waals surface area (Å²) in [6, 6.07) is 6.41. The molecule has 1 aromatic rings. The number of rotatable bonds is 3. The third-order valence-corrected chi connectivity index (χ3v) is 2.93. The van der Waals surface area contributed by atoms with Crippen LogP contribution in [0.3, 0.4) is 0 Å². The Kier molecular flexibility index (Phi) is 3.15. The minimum atomic E-state index is -0.205. The van der Waals surface area contributed by atoms with Crippen LogP contribution in [0.4, 0.5) is 10.1 Å². The lowest BCUT2D eigenvalue weighted by atomic mass is 10.1. The third-order valence-electron chi connectivity index (χ3n) is 2.93. The Morgan fingerprint density at radius 2 is 2.06 bits per heavy atom. The van der Waals surface area contributed by atoms with Gasteiger partial charge >= 0.3 is 0 Å². The van der Waals surface area contributed by atoms with Gasteiger partial charge in [0.2, 0.25) is 0 Å². The van der Waals surface area contributed by atoms with E-state index in [1.807, 2.05) is 0 Å². The van der Waals surface area contributed by atoms with Crippen LogP contribution < -0.4 is 5.32 Å². The van der Waals surface area contributed by atoms with E-state index in [4.69, 9.17) is 4.74 Å². The molecule has 3 heteroatoms. The summed E-state index contributed by atoms with van der Waals surface area (Å²) in [5.41, 5.74) is 0.949. The minimum Gasteiger partial charge on any atom is -0.382 e. The molecule has 16 heavy (non-hydrogen) atoms. The standard InChI is InChI=1S/C13H18FNO/c1-13(2)8-7-12(16-13)9-15-11-5-3-10(14)4-6-11/h3-6,12,15H,7-9H2,1-2H3. The Labute approximate surface area is 95.8 Å². The highest BCUT2D eigenvalue weighted by Crippen LogP contribution is 2.29. The Balaban J connectivity index is 1.82. The quantitative estimate of drug-likeness (QED) is 0.849. The normalized spacial score (nSPS) is 23.3. The van der Waals surface area contributed by atoms with Crippen LogP contribution in [0.2, 0.25) is 0 Å². The van der Waals surface area contributed by atoms with Crippen LogP contribution in [0, 0.1) is 5.82 Å². The molecule has 1 fully saturated rings. The number of benzene rings is 1. The first kappa shape index (κ1) is 11.4. The zero-order valence-corrected chi connectivity index (χ0v) is 9.79. The van der Waals surface area contributed by atoms with Gasteiger partial charge in [0.1, 0.15) is 5.82 Å². The predicted octanol–water partition coefficient (Wildman–Crippen LogP) is 3.20. The van der Waals surface area contributed by atoms with E-state index < -0.39 is 0 Å². The van der Waals surface area contributed by atoms with E-state index in [9.17, 15) is 4.39 Å². The molecule has 1 aliphatic rings. The van der Waals surface area contributed by atoms with E-state index in [0.29, 0.717) is 0 Å². The van der Waals surface area contributed by atoms with Crippen LogP contribution in [0.25, 0.3) is 0 Å². The van der Waals surface area contributed by atoms with Crippen molar-refractivity contribution in [3.05, 3.63) is 30.1 Å². The molecule has 2 rings (SSSR count). The molecular weight excluding hydrogens is 205 g/mol. The molecule has 1 aliphatic heterocycles. The third kappa shape index (κ3) is 2.95. The van der Waals surface area contributed by atoms with Crippen molar-refractivity contribution in [1.29, 1.82) is 0 Å². The molecule has 1 N–H and O–H groups in total. The molecule has 2 nitrogen and oxygen atoms in total. The number of halogens is 1. The summed E-state index contributed by atoms with van der Waals surface area (Å²) < 4.78 is 18.5. The maximum absolute atomic E-state index is 12.7. The van der Waals surface area contributed by atoms with Gasteiger partial charge < -0.3 is 10.1 Å². The van der Waals surface area contributed by atoms with Gasteiger partial charge in [0.25, 0.3) is 0 Å². The molecular formula is C13H18FNO. The van der Waals surface area contributed by atoms with Gasteiger partial charge in [0.15, 0.2) is 0 Å². The summed E-state index contributed by atoms with van der Waals surface area (Å²) in [4.78, 5) is 0. The summed E-state index contributed by atoms with van der Waals surface area (Å²) in [5, 5.41) is 3.26. The number of anilines is 1. The maximum atomic E-state index is 12.7. The van der Waals surface area contributed by atoms with Crippen molar-refractivity contribution < 1.29 is 9.13 Å². The van der Waals surface area contributed by atoms with Crippen molar-refractivity contribution in [3.63, 3.8) is 0 Å². The van der Waals surface area contributed by atoms with E-state index in [-0.39, 0.29) is 17.5 Å². The Morgan fingerprint density at radius 3 is 2.62 bits per heavy atom. The summed E-state index contributed by atoms with van der Waals surface area (Å²) in [7, 11) is 0. The van der Waals surface area contributed by atoms with Crippen LogP contribution >= 0.6 is 0 Å². The topological polar surface area (TPSA) is 21.3 Å². The molecule has 88 valence electrons. The highest BCUT2D eigenvalue weighted by molar-refractivity contribution is 5.42. The largest absolute Gasteiger partial charge is 0.382 e. The molecule has 0 amide bonds.